The Kier molecular flexibility index (Phi) is 6.23. The lowest BCUT2D eigenvalue weighted by Gasteiger charge is -2.17. The van der Waals surface area contributed by atoms with E-state index in [1.165, 1.54) is 10.4 Å². The fourth-order valence-electron chi connectivity index (χ4n) is 3.89. The van der Waals surface area contributed by atoms with Crippen molar-refractivity contribution >= 4 is 39.9 Å². The van der Waals surface area contributed by atoms with Crippen molar-refractivity contribution in [1.29, 1.82) is 0 Å². The zero-order valence-corrected chi connectivity index (χ0v) is 17.2. The molecule has 0 bridgehead atoms. The Bertz CT molecular complexity index is 890. The number of hydrogen-bond acceptors (Lipinski definition) is 5. The summed E-state index contributed by atoms with van der Waals surface area (Å²) in [6.07, 6.45) is 6.19. The van der Waals surface area contributed by atoms with E-state index in [2.05, 4.69) is 22.2 Å². The van der Waals surface area contributed by atoms with E-state index < -0.39 is 0 Å². The lowest BCUT2D eigenvalue weighted by atomic mass is 9.89. The van der Waals surface area contributed by atoms with Crippen LogP contribution in [0.4, 0.5) is 0 Å². The second-order valence-corrected chi connectivity index (χ2v) is 8.88. The van der Waals surface area contributed by atoms with E-state index in [1.807, 2.05) is 0 Å². The summed E-state index contributed by atoms with van der Waals surface area (Å²) >= 11 is 1.64. The van der Waals surface area contributed by atoms with Crippen LogP contribution in [-0.2, 0) is 24.1 Å². The molecule has 2 unspecified atom stereocenters. The number of aromatic nitrogens is 2. The first-order chi connectivity index (χ1) is 12.5. The third kappa shape index (κ3) is 4.36. The number of fused-ring (bicyclic) bond motifs is 3. The molecule has 2 heterocycles. The molecule has 4 rings (SSSR count). The zero-order chi connectivity index (χ0) is 18.3. The number of aromatic amines is 1. The van der Waals surface area contributed by atoms with Gasteiger partial charge in [-0.2, -0.15) is 0 Å². The van der Waals surface area contributed by atoms with Crippen molar-refractivity contribution in [3.05, 3.63) is 26.6 Å². The molecular weight excluding hydrogens is 384 g/mol. The van der Waals surface area contributed by atoms with Crippen molar-refractivity contribution in [2.45, 2.75) is 57.9 Å². The molecule has 0 aromatic carbocycles. The van der Waals surface area contributed by atoms with Crippen LogP contribution < -0.4 is 16.6 Å². The van der Waals surface area contributed by atoms with Crippen molar-refractivity contribution in [1.82, 2.24) is 15.3 Å². The summed E-state index contributed by atoms with van der Waals surface area (Å²) in [5.41, 5.74) is 6.87. The van der Waals surface area contributed by atoms with Crippen LogP contribution in [0.5, 0.6) is 0 Å². The lowest BCUT2D eigenvalue weighted by Crippen LogP contribution is -2.41. The van der Waals surface area contributed by atoms with Gasteiger partial charge in [0.15, 0.2) is 0 Å². The first-order valence-corrected chi connectivity index (χ1v) is 10.4. The van der Waals surface area contributed by atoms with Gasteiger partial charge in [0.25, 0.3) is 5.56 Å². The molecule has 0 saturated heterocycles. The van der Waals surface area contributed by atoms with E-state index in [4.69, 9.17) is 5.73 Å². The number of hydrogen-bond donors (Lipinski definition) is 3. The van der Waals surface area contributed by atoms with Crippen LogP contribution in [0.1, 0.15) is 48.9 Å². The maximum absolute atomic E-state index is 12.6. The number of thiophene rings is 1. The van der Waals surface area contributed by atoms with Crippen LogP contribution in [0.15, 0.2) is 4.79 Å². The molecule has 1 amide bonds. The van der Waals surface area contributed by atoms with Gasteiger partial charge >= 0.3 is 0 Å². The molecule has 8 heteroatoms. The van der Waals surface area contributed by atoms with Gasteiger partial charge in [-0.05, 0) is 49.5 Å². The van der Waals surface area contributed by atoms with Gasteiger partial charge in [-0.25, -0.2) is 4.98 Å². The summed E-state index contributed by atoms with van der Waals surface area (Å²) in [4.78, 5) is 34.4. The molecular formula is C19H27ClN4O2S. The Hall–Kier alpha value is -1.44. The van der Waals surface area contributed by atoms with E-state index >= 15 is 0 Å². The van der Waals surface area contributed by atoms with E-state index in [0.717, 1.165) is 42.3 Å². The van der Waals surface area contributed by atoms with Gasteiger partial charge in [0.05, 0.1) is 5.39 Å². The Labute approximate surface area is 168 Å². The quantitative estimate of drug-likeness (QED) is 0.680. The third-order valence-electron chi connectivity index (χ3n) is 5.59. The van der Waals surface area contributed by atoms with Gasteiger partial charge in [0, 0.05) is 30.3 Å². The van der Waals surface area contributed by atoms with Gasteiger partial charge in [0.2, 0.25) is 5.91 Å². The smallest absolute Gasteiger partial charge is 0.259 e. The summed E-state index contributed by atoms with van der Waals surface area (Å²) in [6, 6.07) is 0.0861. The van der Waals surface area contributed by atoms with Crippen molar-refractivity contribution in [3.8, 4) is 0 Å². The topological polar surface area (TPSA) is 101 Å². The molecule has 2 aliphatic rings. The zero-order valence-electron chi connectivity index (χ0n) is 15.5. The van der Waals surface area contributed by atoms with Crippen molar-refractivity contribution in [2.24, 2.45) is 17.6 Å². The highest BCUT2D eigenvalue weighted by Gasteiger charge is 2.31. The molecule has 148 valence electrons. The molecule has 2 aromatic rings. The molecule has 1 saturated carbocycles. The highest BCUT2D eigenvalue weighted by atomic mass is 35.5. The summed E-state index contributed by atoms with van der Waals surface area (Å²) < 4.78 is 0. The minimum atomic E-state index is -0.0599. The van der Waals surface area contributed by atoms with Gasteiger partial charge in [-0.15, -0.1) is 23.7 Å². The first-order valence-electron chi connectivity index (χ1n) is 9.58. The standard InChI is InChI=1S/C19H26N4O2S.ClH/c1-10-2-5-12-14(8-10)26-19-17(12)18(25)22-15(23-19)6-7-16(24)21-13(9-20)11-3-4-11;/h10-11,13H,2-9,20H2,1H3,(H,21,24)(H,22,23,25);1H. The first kappa shape index (κ1) is 20.3. The van der Waals surface area contributed by atoms with Crippen molar-refractivity contribution < 1.29 is 4.79 Å². The number of rotatable bonds is 6. The normalized spacial score (nSPS) is 20.0. The average Bonchev–Trinajstić information content (AvgIpc) is 3.38. The Morgan fingerprint density at radius 3 is 2.89 bits per heavy atom. The molecule has 2 aromatic heterocycles. The molecule has 1 fully saturated rings. The number of nitrogens with one attached hydrogen (secondary N) is 2. The fraction of sp³-hybridized carbons (Fsp3) is 0.632. The number of H-pyrrole nitrogens is 1. The van der Waals surface area contributed by atoms with Crippen molar-refractivity contribution in [2.75, 3.05) is 6.54 Å². The van der Waals surface area contributed by atoms with Crippen LogP contribution in [0, 0.1) is 11.8 Å². The number of amides is 1. The fourth-order valence-corrected chi connectivity index (χ4v) is 5.29. The Balaban J connectivity index is 0.00000210. The minimum Gasteiger partial charge on any atom is -0.352 e. The molecule has 27 heavy (non-hydrogen) atoms. The molecule has 4 N–H and O–H groups in total. The Morgan fingerprint density at radius 1 is 1.41 bits per heavy atom. The van der Waals surface area contributed by atoms with Gasteiger partial charge in [-0.3, -0.25) is 9.59 Å². The van der Waals surface area contributed by atoms with Crippen LogP contribution >= 0.6 is 23.7 Å². The number of carbonyl (C=O) groups excluding carboxylic acids is 1. The monoisotopic (exact) mass is 410 g/mol. The van der Waals surface area contributed by atoms with Gasteiger partial charge in [-0.1, -0.05) is 6.92 Å². The maximum Gasteiger partial charge on any atom is 0.259 e. The molecule has 0 aliphatic heterocycles. The van der Waals surface area contributed by atoms with Crippen LogP contribution in [0.25, 0.3) is 10.2 Å². The largest absolute Gasteiger partial charge is 0.352 e. The number of halogens is 1. The predicted molar refractivity (Wildman–Crippen MR) is 111 cm³/mol. The number of carbonyl (C=O) groups is 1. The third-order valence-corrected chi connectivity index (χ3v) is 6.74. The van der Waals surface area contributed by atoms with E-state index in [9.17, 15) is 9.59 Å². The predicted octanol–water partition coefficient (Wildman–Crippen LogP) is 2.32. The van der Waals surface area contributed by atoms with Gasteiger partial charge in [0.1, 0.15) is 10.7 Å². The average molecular weight is 411 g/mol. The van der Waals surface area contributed by atoms with Crippen LogP contribution in [0.2, 0.25) is 0 Å². The second-order valence-electron chi connectivity index (χ2n) is 7.79. The van der Waals surface area contributed by atoms with Crippen LogP contribution in [-0.4, -0.2) is 28.5 Å². The summed E-state index contributed by atoms with van der Waals surface area (Å²) in [7, 11) is 0. The van der Waals surface area contributed by atoms with Gasteiger partial charge < -0.3 is 16.0 Å². The second kappa shape index (κ2) is 8.29. The molecule has 2 aliphatic carbocycles. The number of aryl methyl sites for hydroxylation is 2. The van der Waals surface area contributed by atoms with E-state index in [1.54, 1.807) is 11.3 Å². The molecule has 0 radical (unpaired) electrons. The molecule has 2 atom stereocenters. The van der Waals surface area contributed by atoms with Crippen LogP contribution in [0.3, 0.4) is 0 Å². The highest BCUT2D eigenvalue weighted by molar-refractivity contribution is 7.18. The summed E-state index contributed by atoms with van der Waals surface area (Å²) in [5.74, 6) is 1.78. The molecule has 6 nitrogen and oxygen atoms in total. The summed E-state index contributed by atoms with van der Waals surface area (Å²) in [6.45, 7) is 2.74. The lowest BCUT2D eigenvalue weighted by molar-refractivity contribution is -0.121. The molecule has 0 spiro atoms. The minimum absolute atomic E-state index is 0. The van der Waals surface area contributed by atoms with E-state index in [-0.39, 0.29) is 29.9 Å². The SMILES string of the molecule is CC1CCc2c(sc3nc(CCC(=O)NC(CN)C4CC4)[nH]c(=O)c23)C1.Cl. The maximum atomic E-state index is 12.6. The summed E-state index contributed by atoms with van der Waals surface area (Å²) in [5, 5.41) is 3.78. The van der Waals surface area contributed by atoms with Crippen molar-refractivity contribution in [3.63, 3.8) is 0 Å². The number of nitrogens with two attached hydrogens (primary N) is 1. The van der Waals surface area contributed by atoms with E-state index in [0.29, 0.717) is 37.0 Å². The highest BCUT2D eigenvalue weighted by Crippen LogP contribution is 2.35. The Morgan fingerprint density at radius 2 is 2.19 bits per heavy atom. The number of nitrogens with zero attached hydrogens (tertiary/aromatic N) is 1.